The summed E-state index contributed by atoms with van der Waals surface area (Å²) in [4.78, 5) is 4.90. The first-order valence-electron chi connectivity index (χ1n) is 22.6. The molecule has 0 aliphatic carbocycles. The molecule has 8 aromatic rings. The van der Waals surface area contributed by atoms with Crippen LogP contribution < -0.4 is 20.0 Å². The normalized spacial score (nSPS) is 14.8. The third-order valence-electron chi connectivity index (χ3n) is 10.5. The molecule has 2 aliphatic heterocycles. The number of nitrogens with one attached hydrogen (secondary N) is 1. The van der Waals surface area contributed by atoms with Gasteiger partial charge in [-0.2, -0.15) is 13.3 Å². The van der Waals surface area contributed by atoms with Gasteiger partial charge in [0.15, 0.2) is 0 Å². The first-order valence-corrected chi connectivity index (χ1v) is 21.1. The van der Waals surface area contributed by atoms with Crippen molar-refractivity contribution in [3.05, 3.63) is 218 Å². The van der Waals surface area contributed by atoms with Crippen LogP contribution in [0.5, 0.6) is 0 Å². The largest absolute Gasteiger partial charge is 4.00 e. The quantitative estimate of drug-likeness (QED) is 0.153. The van der Waals surface area contributed by atoms with Gasteiger partial charge in [-0.1, -0.05) is 146 Å². The zero-order chi connectivity index (χ0) is 46.9. The molecule has 0 unspecified atom stereocenters. The van der Waals surface area contributed by atoms with E-state index in [0.717, 1.165) is 38.9 Å². The van der Waals surface area contributed by atoms with Crippen molar-refractivity contribution in [3.8, 4) is 33.4 Å². The Bertz CT molecular complexity index is 3080. The van der Waals surface area contributed by atoms with Crippen LogP contribution in [0, 0.1) is 26.3 Å². The average Bonchev–Trinajstić information content (AvgIpc) is 3.73. The fourth-order valence-corrected chi connectivity index (χ4v) is 9.16. The fraction of sp³-hybridized carbons (Fsp3) is 0.0566. The molecule has 0 saturated heterocycles. The molecule has 9 heteroatoms. The van der Waals surface area contributed by atoms with Gasteiger partial charge in [-0.05, 0) is 84.6 Å². The Labute approximate surface area is 387 Å². The van der Waals surface area contributed by atoms with Crippen molar-refractivity contribution >= 4 is 49.6 Å². The average molecular weight is 1020 g/mol. The Kier molecular flexibility index (Phi) is 10.3. The number of fused-ring (bicyclic) bond motifs is 3. The van der Waals surface area contributed by atoms with Gasteiger partial charge >= 0.3 is 21.1 Å². The second kappa shape index (κ2) is 18.2. The monoisotopic (exact) mass is 1010 g/mol. The molecule has 10 rings (SSSR count). The van der Waals surface area contributed by atoms with Crippen LogP contribution >= 0.6 is 0 Å². The summed E-state index contributed by atoms with van der Waals surface area (Å²) in [5, 5.41) is 7.58. The van der Waals surface area contributed by atoms with E-state index in [9.17, 15) is 8.42 Å². The molecule has 62 heavy (non-hydrogen) atoms. The Morgan fingerprint density at radius 3 is 1.84 bits per heavy atom. The number of para-hydroxylation sites is 5. The standard InChI is InChI=1S/C41H35N4.C12H8NO2S.Pt/c1-30-15-10-11-22-38(30)43(2)28-42-34-25-33(26-35(27-34)45-29-44(3)39-23-12-13-24-40(39)45)41-36(31-16-6-4-7-17-31)20-14-21-37(41)32-18-8-5-9-19-32;14-16(15)11-7-3-1-5-9(11)13-10-6-2-4-8-12(10)16;/h4-26,28-29,42H,1-3H3;1-8H;/q-3;-1;+4/i2D3,3D3;;. The molecule has 8 aromatic carbocycles. The number of nitrogens with zero attached hydrogens (tertiary/aromatic N) is 4. The van der Waals surface area contributed by atoms with Gasteiger partial charge in [-0.3, -0.25) is 0 Å². The van der Waals surface area contributed by atoms with Gasteiger partial charge in [-0.25, -0.2) is 8.42 Å². The second-order valence-corrected chi connectivity index (χ2v) is 16.3. The zero-order valence-electron chi connectivity index (χ0n) is 39.4. The molecule has 0 fully saturated rings. The van der Waals surface area contributed by atoms with Crippen LogP contribution in [0.15, 0.2) is 198 Å². The third kappa shape index (κ3) is 8.36. The topological polar surface area (TPSA) is 70.0 Å². The maximum Gasteiger partial charge on any atom is 4.00 e. The Morgan fingerprint density at radius 1 is 0.661 bits per heavy atom. The van der Waals surface area contributed by atoms with Crippen LogP contribution in [0.4, 0.5) is 39.8 Å². The van der Waals surface area contributed by atoms with Gasteiger partial charge in [0.05, 0.1) is 9.79 Å². The summed E-state index contributed by atoms with van der Waals surface area (Å²) in [5.41, 5.74) is 10.5. The van der Waals surface area contributed by atoms with E-state index in [4.69, 9.17) is 8.22 Å². The number of hydrogen-bond acceptors (Lipinski definition) is 6. The molecule has 308 valence electrons. The first-order chi connectivity index (χ1) is 32.2. The molecule has 0 spiro atoms. The number of hydrogen-bond donors (Lipinski definition) is 1. The molecule has 2 heterocycles. The molecule has 0 bridgehead atoms. The summed E-state index contributed by atoms with van der Waals surface area (Å²) in [7, 11) is -3.40. The van der Waals surface area contributed by atoms with Gasteiger partial charge in [0.25, 0.3) is 0 Å². The maximum absolute atomic E-state index is 12.2. The summed E-state index contributed by atoms with van der Waals surface area (Å²) in [6.07, 6.45) is 0. The van der Waals surface area contributed by atoms with Crippen LogP contribution in [0.2, 0.25) is 0 Å². The molecule has 0 aromatic heterocycles. The number of aryl methyl sites for hydroxylation is 1. The van der Waals surface area contributed by atoms with Crippen molar-refractivity contribution in [2.24, 2.45) is 0 Å². The van der Waals surface area contributed by atoms with Crippen molar-refractivity contribution in [2.45, 2.75) is 16.7 Å². The number of anilines is 5. The van der Waals surface area contributed by atoms with E-state index < -0.39 is 23.8 Å². The summed E-state index contributed by atoms with van der Waals surface area (Å²) in [5.74, 6) is 0. The maximum atomic E-state index is 12.2. The van der Waals surface area contributed by atoms with Crippen LogP contribution in [0.1, 0.15) is 13.8 Å². The molecule has 0 saturated carbocycles. The van der Waals surface area contributed by atoms with Crippen molar-refractivity contribution in [1.29, 1.82) is 0 Å². The van der Waals surface area contributed by atoms with Crippen molar-refractivity contribution in [3.63, 3.8) is 0 Å². The molecule has 0 radical (unpaired) electrons. The van der Waals surface area contributed by atoms with E-state index >= 15 is 0 Å². The molecule has 0 atom stereocenters. The van der Waals surface area contributed by atoms with Crippen LogP contribution in [0.3, 0.4) is 0 Å². The summed E-state index contributed by atoms with van der Waals surface area (Å²) in [6, 6.07) is 62.2. The summed E-state index contributed by atoms with van der Waals surface area (Å²) in [6.45, 7) is -0.0145. The first kappa shape index (κ1) is 35.0. The molecule has 2 aliphatic rings. The summed E-state index contributed by atoms with van der Waals surface area (Å²) >= 11 is 0. The summed E-state index contributed by atoms with van der Waals surface area (Å²) < 4.78 is 74.3. The fourth-order valence-electron chi connectivity index (χ4n) is 7.63. The minimum atomic E-state index is -3.40. The molecular weight excluding hydrogens is 966 g/mol. The van der Waals surface area contributed by atoms with Crippen LogP contribution in [-0.2, 0) is 30.9 Å². The molecule has 0 amide bonds. The predicted molar refractivity (Wildman–Crippen MR) is 251 cm³/mol. The van der Waals surface area contributed by atoms with E-state index in [0.29, 0.717) is 39.8 Å². The van der Waals surface area contributed by atoms with Gasteiger partial charge < -0.3 is 25.3 Å². The molecule has 7 nitrogen and oxygen atoms in total. The van der Waals surface area contributed by atoms with Gasteiger partial charge in [0, 0.05) is 25.3 Å². The Hall–Kier alpha value is -6.60. The Morgan fingerprint density at radius 2 is 1.23 bits per heavy atom. The second-order valence-electron chi connectivity index (χ2n) is 14.5. The zero-order valence-corrected chi connectivity index (χ0v) is 36.5. The minimum Gasteiger partial charge on any atom is -0.656 e. The predicted octanol–water partition coefficient (Wildman–Crippen LogP) is 13.3. The van der Waals surface area contributed by atoms with Gasteiger partial charge in [0.1, 0.15) is 0 Å². The van der Waals surface area contributed by atoms with E-state index in [1.165, 1.54) is 16.5 Å². The van der Waals surface area contributed by atoms with Gasteiger partial charge in [-0.15, -0.1) is 46.5 Å². The smallest absolute Gasteiger partial charge is 0.656 e. The number of sulfone groups is 1. The van der Waals surface area contributed by atoms with Crippen molar-refractivity contribution in [2.75, 3.05) is 34.0 Å². The molecule has 1 N–H and O–H groups in total. The third-order valence-corrected chi connectivity index (χ3v) is 12.4. The Balaban J connectivity index is 0.000000308. The van der Waals surface area contributed by atoms with E-state index in [1.807, 2.05) is 103 Å². The van der Waals surface area contributed by atoms with Crippen molar-refractivity contribution < 1.29 is 37.7 Å². The van der Waals surface area contributed by atoms with Crippen LogP contribution in [0.25, 0.3) is 38.7 Å². The van der Waals surface area contributed by atoms with Crippen LogP contribution in [-0.4, -0.2) is 22.4 Å². The minimum absolute atomic E-state index is 0. The van der Waals surface area contributed by atoms with Crippen molar-refractivity contribution in [1.82, 2.24) is 0 Å². The van der Waals surface area contributed by atoms with E-state index in [-0.39, 0.29) is 30.9 Å². The van der Waals surface area contributed by atoms with E-state index in [1.54, 1.807) is 67.3 Å². The number of rotatable bonds is 8. The molecular formula is C53H43N5O2PtS. The number of benzene rings is 8. The van der Waals surface area contributed by atoms with Gasteiger partial charge in [0.2, 0.25) is 9.84 Å². The van der Waals surface area contributed by atoms with E-state index in [2.05, 4.69) is 53.1 Å². The SMILES string of the molecule is O=S1(=O)c2ccccc2[N-]c2ccccc21.[2H]C([2H])([2H])N([CH-]Nc1[c-]c(N2[CH-]N(C([2H])([2H])[2H])c3ccccc32)cc(-c2c(-c3ccccc3)cccc2-c2ccccc2)c1)c1ccccc1C.[Pt+4].